The van der Waals surface area contributed by atoms with Crippen LogP contribution in [0.15, 0.2) is 36.0 Å². The van der Waals surface area contributed by atoms with Gasteiger partial charge in [0.2, 0.25) is 0 Å². The molecule has 1 saturated carbocycles. The maximum absolute atomic E-state index is 2.48. The monoisotopic (exact) mass is 200 g/mol. The predicted molar refractivity (Wildman–Crippen MR) is 64.5 cm³/mol. The highest BCUT2D eigenvalue weighted by atomic mass is 14.6. The second-order valence-corrected chi connectivity index (χ2v) is 6.52. The minimum Gasteiger partial charge on any atom is -0.0836 e. The normalized spacial score (nSPS) is 42.9. The van der Waals surface area contributed by atoms with Gasteiger partial charge in [-0.1, -0.05) is 63.6 Å². The molecule has 1 spiro atoms. The Hall–Kier alpha value is -0.780. The lowest BCUT2D eigenvalue weighted by molar-refractivity contribution is 0.232. The zero-order valence-corrected chi connectivity index (χ0v) is 10.2. The number of rotatable bonds is 0. The fourth-order valence-corrected chi connectivity index (χ4v) is 3.96. The number of hydrogen-bond donors (Lipinski definition) is 0. The second-order valence-electron chi connectivity index (χ2n) is 6.52. The van der Waals surface area contributed by atoms with Crippen molar-refractivity contribution in [1.82, 2.24) is 0 Å². The third kappa shape index (κ3) is 0.851. The van der Waals surface area contributed by atoms with Crippen LogP contribution in [-0.2, 0) is 0 Å². The van der Waals surface area contributed by atoms with E-state index in [9.17, 15) is 0 Å². The highest BCUT2D eigenvalue weighted by Crippen LogP contribution is 2.69. The van der Waals surface area contributed by atoms with Gasteiger partial charge in [0.05, 0.1) is 0 Å². The molecule has 2 atom stereocenters. The molecule has 2 unspecified atom stereocenters. The Morgan fingerprint density at radius 2 is 1.87 bits per heavy atom. The van der Waals surface area contributed by atoms with Crippen molar-refractivity contribution in [2.45, 2.75) is 34.1 Å². The maximum atomic E-state index is 2.48. The fourth-order valence-electron chi connectivity index (χ4n) is 3.96. The predicted octanol–water partition coefficient (Wildman–Crippen LogP) is 4.11. The zero-order chi connectivity index (χ0) is 10.9. The first-order valence-corrected chi connectivity index (χ1v) is 6.00. The van der Waals surface area contributed by atoms with Crippen LogP contribution in [-0.4, -0.2) is 0 Å². The van der Waals surface area contributed by atoms with Crippen molar-refractivity contribution < 1.29 is 0 Å². The van der Waals surface area contributed by atoms with E-state index < -0.39 is 0 Å². The fraction of sp³-hybridized carbons (Fsp3) is 0.600. The van der Waals surface area contributed by atoms with Gasteiger partial charge < -0.3 is 0 Å². The molecule has 3 rings (SSSR count). The smallest absolute Gasteiger partial charge is 0.0191 e. The van der Waals surface area contributed by atoms with Crippen molar-refractivity contribution in [2.75, 3.05) is 0 Å². The van der Waals surface area contributed by atoms with Crippen LogP contribution in [0.2, 0.25) is 0 Å². The molecule has 0 N–H and O–H groups in total. The van der Waals surface area contributed by atoms with E-state index in [4.69, 9.17) is 0 Å². The quantitative estimate of drug-likeness (QED) is 0.516. The average Bonchev–Trinajstić information content (AvgIpc) is 2.63. The summed E-state index contributed by atoms with van der Waals surface area (Å²) in [6.07, 6.45) is 13.3. The van der Waals surface area contributed by atoms with Crippen molar-refractivity contribution in [3.05, 3.63) is 36.0 Å². The van der Waals surface area contributed by atoms with Gasteiger partial charge in [-0.05, 0) is 23.2 Å². The topological polar surface area (TPSA) is 0 Å². The van der Waals surface area contributed by atoms with Crippen LogP contribution >= 0.6 is 0 Å². The summed E-state index contributed by atoms with van der Waals surface area (Å²) < 4.78 is 0. The molecular weight excluding hydrogens is 180 g/mol. The lowest BCUT2D eigenvalue weighted by Gasteiger charge is -2.46. The van der Waals surface area contributed by atoms with Gasteiger partial charge >= 0.3 is 0 Å². The molecule has 15 heavy (non-hydrogen) atoms. The Kier molecular flexibility index (Phi) is 1.46. The Morgan fingerprint density at radius 3 is 2.53 bits per heavy atom. The molecule has 80 valence electrons. The molecule has 0 nitrogen and oxygen atoms in total. The molecule has 0 heteroatoms. The summed E-state index contributed by atoms with van der Waals surface area (Å²) in [5.74, 6) is 0.753. The van der Waals surface area contributed by atoms with Gasteiger partial charge in [0.15, 0.2) is 0 Å². The van der Waals surface area contributed by atoms with E-state index in [1.807, 2.05) is 0 Å². The van der Waals surface area contributed by atoms with E-state index >= 15 is 0 Å². The molecule has 0 aromatic heterocycles. The lowest BCUT2D eigenvalue weighted by Crippen LogP contribution is -2.37. The first kappa shape index (κ1) is 9.45. The van der Waals surface area contributed by atoms with Gasteiger partial charge in [0.25, 0.3) is 0 Å². The average molecular weight is 200 g/mol. The van der Waals surface area contributed by atoms with Crippen LogP contribution in [0.1, 0.15) is 34.1 Å². The summed E-state index contributed by atoms with van der Waals surface area (Å²) in [6.45, 7) is 9.57. The summed E-state index contributed by atoms with van der Waals surface area (Å²) in [4.78, 5) is 0. The van der Waals surface area contributed by atoms with Crippen LogP contribution in [0.25, 0.3) is 0 Å². The largest absolute Gasteiger partial charge is 0.0836 e. The minimum atomic E-state index is 0.288. The molecular formula is C15H20. The van der Waals surface area contributed by atoms with Crippen LogP contribution in [0.5, 0.6) is 0 Å². The Balaban J connectivity index is 2.25. The molecule has 2 bridgehead atoms. The van der Waals surface area contributed by atoms with Crippen LogP contribution < -0.4 is 0 Å². The Bertz CT molecular complexity index is 402. The van der Waals surface area contributed by atoms with Gasteiger partial charge in [-0.2, -0.15) is 0 Å². The number of fused-ring (bicyclic) bond motifs is 1. The zero-order valence-electron chi connectivity index (χ0n) is 10.2. The van der Waals surface area contributed by atoms with Crippen molar-refractivity contribution in [2.24, 2.45) is 22.2 Å². The van der Waals surface area contributed by atoms with Crippen molar-refractivity contribution in [3.8, 4) is 0 Å². The highest BCUT2D eigenvalue weighted by Gasteiger charge is 2.60. The molecule has 0 amide bonds. The Morgan fingerprint density at radius 1 is 1.13 bits per heavy atom. The van der Waals surface area contributed by atoms with E-state index in [0.29, 0.717) is 10.8 Å². The molecule has 0 radical (unpaired) electrons. The second kappa shape index (κ2) is 2.31. The molecule has 0 saturated heterocycles. The third-order valence-corrected chi connectivity index (χ3v) is 5.18. The third-order valence-electron chi connectivity index (χ3n) is 5.18. The number of allylic oxidation sites excluding steroid dienone is 6. The molecule has 0 aromatic rings. The summed E-state index contributed by atoms with van der Waals surface area (Å²) in [6, 6.07) is 0. The van der Waals surface area contributed by atoms with E-state index in [2.05, 4.69) is 58.1 Å². The van der Waals surface area contributed by atoms with Gasteiger partial charge in [-0.25, -0.2) is 0 Å². The first-order valence-electron chi connectivity index (χ1n) is 6.00. The SMILES string of the molecule is CC1(C)C2=CC=CC(C)(C)C23C=CC1C3. The van der Waals surface area contributed by atoms with Crippen molar-refractivity contribution in [3.63, 3.8) is 0 Å². The summed E-state index contributed by atoms with van der Waals surface area (Å²) in [5.41, 5.74) is 2.65. The van der Waals surface area contributed by atoms with Crippen LogP contribution in [0, 0.1) is 22.2 Å². The van der Waals surface area contributed by atoms with E-state index in [1.54, 1.807) is 5.57 Å². The molecule has 0 aromatic carbocycles. The molecule has 0 heterocycles. The molecule has 0 aliphatic heterocycles. The standard InChI is InChI=1S/C15H20/c1-13(2)8-5-6-12-14(3,4)11-7-9-15(12,13)10-11/h5-9,11H,10H2,1-4H3. The van der Waals surface area contributed by atoms with E-state index in [0.717, 1.165) is 5.92 Å². The van der Waals surface area contributed by atoms with Gasteiger partial charge in [-0.15, -0.1) is 0 Å². The van der Waals surface area contributed by atoms with Crippen molar-refractivity contribution in [1.29, 1.82) is 0 Å². The maximum Gasteiger partial charge on any atom is 0.0191 e. The lowest BCUT2D eigenvalue weighted by atomic mass is 9.58. The highest BCUT2D eigenvalue weighted by molar-refractivity contribution is 5.48. The van der Waals surface area contributed by atoms with E-state index in [-0.39, 0.29) is 5.41 Å². The minimum absolute atomic E-state index is 0.288. The summed E-state index contributed by atoms with van der Waals surface area (Å²) >= 11 is 0. The van der Waals surface area contributed by atoms with Gasteiger partial charge in [0.1, 0.15) is 0 Å². The van der Waals surface area contributed by atoms with Gasteiger partial charge in [0, 0.05) is 5.41 Å². The van der Waals surface area contributed by atoms with Gasteiger partial charge in [-0.3, -0.25) is 0 Å². The molecule has 1 fully saturated rings. The first-order chi connectivity index (χ1) is 6.90. The van der Waals surface area contributed by atoms with Crippen LogP contribution in [0.3, 0.4) is 0 Å². The van der Waals surface area contributed by atoms with Crippen LogP contribution in [0.4, 0.5) is 0 Å². The Labute approximate surface area is 92.8 Å². The van der Waals surface area contributed by atoms with E-state index in [1.165, 1.54) is 6.42 Å². The molecule has 3 aliphatic rings. The number of hydrogen-bond acceptors (Lipinski definition) is 0. The van der Waals surface area contributed by atoms with Crippen molar-refractivity contribution >= 4 is 0 Å². The summed E-state index contributed by atoms with van der Waals surface area (Å²) in [5, 5.41) is 0. The molecule has 3 aliphatic carbocycles. The summed E-state index contributed by atoms with van der Waals surface area (Å²) in [7, 11) is 0.